The molecule has 1 aliphatic carbocycles. The maximum absolute atomic E-state index is 13.4. The van der Waals surface area contributed by atoms with Crippen molar-refractivity contribution in [2.45, 2.75) is 63.1 Å². The van der Waals surface area contributed by atoms with Crippen LogP contribution in [0.3, 0.4) is 0 Å². The van der Waals surface area contributed by atoms with Crippen LogP contribution in [0.2, 0.25) is 0 Å². The molecule has 1 aliphatic heterocycles. The summed E-state index contributed by atoms with van der Waals surface area (Å²) < 4.78 is 38.8. The summed E-state index contributed by atoms with van der Waals surface area (Å²) in [6, 6.07) is 6.64. The quantitative estimate of drug-likeness (QED) is 0.660. The van der Waals surface area contributed by atoms with Gasteiger partial charge in [0.25, 0.3) is 5.91 Å². The lowest BCUT2D eigenvalue weighted by Crippen LogP contribution is -2.45. The number of carbonyl (C=O) groups is 2. The summed E-state index contributed by atoms with van der Waals surface area (Å²) in [5.41, 5.74) is 0.883. The van der Waals surface area contributed by atoms with E-state index < -0.39 is 16.1 Å². The molecule has 4 rings (SSSR count). The molecule has 1 saturated carbocycles. The zero-order chi connectivity index (χ0) is 23.8. The zero-order valence-electron chi connectivity index (χ0n) is 19.0. The van der Waals surface area contributed by atoms with Crippen LogP contribution in [0, 0.1) is 6.92 Å². The van der Waals surface area contributed by atoms with Crippen LogP contribution >= 0.6 is 0 Å². The van der Waals surface area contributed by atoms with E-state index in [1.807, 2.05) is 6.07 Å². The van der Waals surface area contributed by atoms with Gasteiger partial charge in [-0.2, -0.15) is 4.31 Å². The maximum Gasteiger partial charge on any atom is 0.265 e. The molecule has 33 heavy (non-hydrogen) atoms. The molecule has 2 heterocycles. The number of carbonyl (C=O) groups excluding carboxylic acids is 2. The number of hydrogen-bond donors (Lipinski definition) is 1. The molecule has 2 aliphatic rings. The Balaban J connectivity index is 1.55. The topological polar surface area (TPSA) is 109 Å². The largest absolute Gasteiger partial charge is 0.479 e. The van der Waals surface area contributed by atoms with Gasteiger partial charge in [0.05, 0.1) is 29.9 Å². The lowest BCUT2D eigenvalue weighted by molar-refractivity contribution is -0.134. The van der Waals surface area contributed by atoms with E-state index in [0.29, 0.717) is 23.6 Å². The number of aryl methyl sites for hydroxylation is 1. The Morgan fingerprint density at radius 2 is 1.97 bits per heavy atom. The van der Waals surface area contributed by atoms with E-state index in [1.165, 1.54) is 13.1 Å². The number of likely N-dealkylation sites (N-methyl/N-ethyl adjacent to an activating group) is 1. The summed E-state index contributed by atoms with van der Waals surface area (Å²) in [7, 11) is -2.58. The van der Waals surface area contributed by atoms with Gasteiger partial charge in [0.1, 0.15) is 11.5 Å². The third-order valence-corrected chi connectivity index (χ3v) is 8.19. The molecule has 1 N–H and O–H groups in total. The SMILES string of the molecule is Cc1cc2c(cc1S(=O)(=O)N(C)CC(=O)N(Cc1ccco1)C1CCCC1)O[C@@H](C)C(=O)N2. The van der Waals surface area contributed by atoms with Crippen LogP contribution < -0.4 is 10.1 Å². The number of amides is 2. The van der Waals surface area contributed by atoms with Crippen molar-refractivity contribution in [1.29, 1.82) is 0 Å². The third-order valence-electron chi connectivity index (χ3n) is 6.25. The highest BCUT2D eigenvalue weighted by Crippen LogP contribution is 2.35. The van der Waals surface area contributed by atoms with Gasteiger partial charge in [-0.1, -0.05) is 12.8 Å². The number of fused-ring (bicyclic) bond motifs is 1. The highest BCUT2D eigenvalue weighted by Gasteiger charge is 2.33. The Labute approximate surface area is 193 Å². The van der Waals surface area contributed by atoms with Crippen LogP contribution in [0.25, 0.3) is 0 Å². The number of sulfonamides is 1. The predicted molar refractivity (Wildman–Crippen MR) is 121 cm³/mol. The second kappa shape index (κ2) is 9.18. The molecule has 178 valence electrons. The Kier molecular flexibility index (Phi) is 6.49. The van der Waals surface area contributed by atoms with Crippen molar-refractivity contribution in [3.8, 4) is 5.75 Å². The molecule has 0 radical (unpaired) electrons. The van der Waals surface area contributed by atoms with Crippen molar-refractivity contribution in [1.82, 2.24) is 9.21 Å². The zero-order valence-corrected chi connectivity index (χ0v) is 19.9. The lowest BCUT2D eigenvalue weighted by Gasteiger charge is -2.30. The van der Waals surface area contributed by atoms with Crippen LogP contribution in [0.15, 0.2) is 39.8 Å². The lowest BCUT2D eigenvalue weighted by atomic mass is 10.1. The first-order valence-electron chi connectivity index (χ1n) is 11.1. The van der Waals surface area contributed by atoms with Crippen LogP contribution in [0.5, 0.6) is 5.75 Å². The normalized spacial score (nSPS) is 18.7. The van der Waals surface area contributed by atoms with Crippen molar-refractivity contribution >= 4 is 27.5 Å². The third kappa shape index (κ3) is 4.77. The molecule has 1 aromatic carbocycles. The van der Waals surface area contributed by atoms with E-state index in [4.69, 9.17) is 9.15 Å². The molecular formula is C23H29N3O6S. The van der Waals surface area contributed by atoms with E-state index in [2.05, 4.69) is 5.32 Å². The van der Waals surface area contributed by atoms with Crippen molar-refractivity contribution < 1.29 is 27.2 Å². The van der Waals surface area contributed by atoms with Gasteiger partial charge in [-0.25, -0.2) is 8.42 Å². The average Bonchev–Trinajstić information content (AvgIpc) is 3.46. The number of nitrogens with one attached hydrogen (secondary N) is 1. The van der Waals surface area contributed by atoms with Gasteiger partial charge in [0.15, 0.2) is 6.10 Å². The van der Waals surface area contributed by atoms with E-state index in [1.54, 1.807) is 37.1 Å². The molecule has 0 bridgehead atoms. The van der Waals surface area contributed by atoms with Crippen molar-refractivity contribution in [3.63, 3.8) is 0 Å². The predicted octanol–water partition coefficient (Wildman–Crippen LogP) is 2.90. The summed E-state index contributed by atoms with van der Waals surface area (Å²) in [5.74, 6) is 0.400. The first-order valence-corrected chi connectivity index (χ1v) is 12.5. The highest BCUT2D eigenvalue weighted by molar-refractivity contribution is 7.89. The summed E-state index contributed by atoms with van der Waals surface area (Å²) in [6.07, 6.45) is 4.72. The number of hydrogen-bond acceptors (Lipinski definition) is 6. The standard InChI is InChI=1S/C23H29N3O6S/c1-15-11-19-20(32-16(2)23(28)24-19)12-21(15)33(29,30)25(3)14-22(27)26(17-7-4-5-8-17)13-18-9-6-10-31-18/h6,9-12,16-17H,4-5,7-8,13-14H2,1-3H3,(H,24,28)/t16-/m0/s1. The van der Waals surface area contributed by atoms with E-state index in [9.17, 15) is 18.0 Å². The molecule has 0 unspecified atom stereocenters. The fourth-order valence-electron chi connectivity index (χ4n) is 4.36. The molecule has 9 nitrogen and oxygen atoms in total. The number of furan rings is 1. The molecule has 1 fully saturated rings. The van der Waals surface area contributed by atoms with E-state index >= 15 is 0 Å². The fourth-order valence-corrected chi connectivity index (χ4v) is 5.70. The monoisotopic (exact) mass is 475 g/mol. The first-order chi connectivity index (χ1) is 15.7. The number of ether oxygens (including phenoxy) is 1. The number of rotatable bonds is 7. The summed E-state index contributed by atoms with van der Waals surface area (Å²) in [5, 5.41) is 2.72. The number of benzene rings is 1. The maximum atomic E-state index is 13.4. The van der Waals surface area contributed by atoms with Gasteiger partial charge in [0, 0.05) is 19.2 Å². The van der Waals surface area contributed by atoms with Crippen LogP contribution in [0.1, 0.15) is 43.9 Å². The van der Waals surface area contributed by atoms with Crippen molar-refractivity contribution in [3.05, 3.63) is 41.9 Å². The second-order valence-corrected chi connectivity index (χ2v) is 10.7. The van der Waals surface area contributed by atoms with E-state index in [-0.39, 0.29) is 35.0 Å². The van der Waals surface area contributed by atoms with E-state index in [0.717, 1.165) is 30.0 Å². The molecule has 2 aromatic rings. The molecule has 0 saturated heterocycles. The van der Waals surface area contributed by atoms with Gasteiger partial charge < -0.3 is 19.4 Å². The second-order valence-electron chi connectivity index (χ2n) is 8.66. The average molecular weight is 476 g/mol. The number of anilines is 1. The molecule has 10 heteroatoms. The summed E-state index contributed by atoms with van der Waals surface area (Å²) in [4.78, 5) is 26.9. The minimum atomic E-state index is -3.98. The highest BCUT2D eigenvalue weighted by atomic mass is 32.2. The summed E-state index contributed by atoms with van der Waals surface area (Å²) in [6.45, 7) is 3.26. The molecule has 0 spiro atoms. The smallest absolute Gasteiger partial charge is 0.265 e. The first kappa shape index (κ1) is 23.3. The van der Waals surface area contributed by atoms with Crippen LogP contribution in [-0.2, 0) is 26.2 Å². The van der Waals surface area contributed by atoms with Crippen LogP contribution in [0.4, 0.5) is 5.69 Å². The van der Waals surface area contributed by atoms with Gasteiger partial charge >= 0.3 is 0 Å². The molecule has 1 aromatic heterocycles. The minimum absolute atomic E-state index is 0.0401. The molecule has 2 amide bonds. The summed E-state index contributed by atoms with van der Waals surface area (Å²) >= 11 is 0. The minimum Gasteiger partial charge on any atom is -0.479 e. The Morgan fingerprint density at radius 3 is 2.64 bits per heavy atom. The Bertz CT molecular complexity index is 1140. The van der Waals surface area contributed by atoms with Gasteiger partial charge in [0.2, 0.25) is 15.9 Å². The fraction of sp³-hybridized carbons (Fsp3) is 0.478. The Hall–Kier alpha value is -2.85. The molecular weight excluding hydrogens is 446 g/mol. The number of nitrogens with zero attached hydrogens (tertiary/aromatic N) is 2. The van der Waals surface area contributed by atoms with Gasteiger partial charge in [-0.15, -0.1) is 0 Å². The van der Waals surface area contributed by atoms with Crippen molar-refractivity contribution in [2.75, 3.05) is 18.9 Å². The van der Waals surface area contributed by atoms with Gasteiger partial charge in [-0.3, -0.25) is 9.59 Å². The molecule has 1 atom stereocenters. The Morgan fingerprint density at radius 1 is 1.24 bits per heavy atom. The van der Waals surface area contributed by atoms with Gasteiger partial charge in [-0.05, 0) is 50.5 Å². The van der Waals surface area contributed by atoms with Crippen LogP contribution in [-0.4, -0.2) is 55.2 Å². The van der Waals surface area contributed by atoms with Crippen molar-refractivity contribution in [2.24, 2.45) is 0 Å².